The number of hydrogen-bond acceptors (Lipinski definition) is 34. The fourth-order valence-electron chi connectivity index (χ4n) is 13.9. The van der Waals surface area contributed by atoms with Crippen molar-refractivity contribution >= 4 is 90.0 Å². The quantitative estimate of drug-likeness (QED) is 0.00915. The van der Waals surface area contributed by atoms with Crippen molar-refractivity contribution in [2.75, 3.05) is 52.2 Å². The molecule has 6 heterocycles. The number of sulfonamides is 1. The van der Waals surface area contributed by atoms with E-state index in [1.54, 1.807) is 49.7 Å². The van der Waals surface area contributed by atoms with E-state index in [9.17, 15) is 107 Å². The number of carbonyl (C=O) groups is 7. The average molecular weight is 1800 g/mol. The molecule has 38 heteroatoms. The average Bonchev–Trinajstić information content (AvgIpc) is 1.58. The van der Waals surface area contributed by atoms with Crippen LogP contribution in [0.5, 0.6) is 86.2 Å². The van der Waals surface area contributed by atoms with Crippen molar-refractivity contribution in [3.8, 4) is 115 Å². The van der Waals surface area contributed by atoms with Crippen LogP contribution in [0.4, 0.5) is 5.69 Å². The molecule has 0 saturated carbocycles. The molecule has 0 amide bonds. The van der Waals surface area contributed by atoms with Crippen LogP contribution in [-0.4, -0.2) is 185 Å². The summed E-state index contributed by atoms with van der Waals surface area (Å²) < 4.78 is 73.7. The van der Waals surface area contributed by atoms with Gasteiger partial charge in [-0.05, 0) is 207 Å². The molecule has 6 aliphatic rings. The van der Waals surface area contributed by atoms with Crippen LogP contribution in [0.15, 0.2) is 179 Å². The number of sulfone groups is 1. The fourth-order valence-corrected chi connectivity index (χ4v) is 16.5. The number of phenolic OH excluding ortho intramolecular Hbond substituents is 11. The highest BCUT2D eigenvalue weighted by Gasteiger charge is 2.45. The zero-order valence-electron chi connectivity index (χ0n) is 67.9. The SMILES string of the molecule is CC(=O)c1cc(CCc2cc(O)ccc2O)ccc1O.COc1ccc2c(c1OC)C(=O)OC2C1c2cc3c(cc2CCN1C)OCO3.N#C/C(=C\c1ccc(O)c(O)c1)C(=O)C(=O)c1ccc(O)c(O)c1.NS(=O)(=O)c1cc2c(cc1Cl)NCCS2(=O)=O.O=C1C=Cc2ncc(-c3ccc(O)c(O)c3)nc2C1.O=C1Cc2ncc(-c3ccc(O)c(O)c3)nc2CC1=O. The van der Waals surface area contributed by atoms with Gasteiger partial charge in [0.05, 0.1) is 113 Å². The van der Waals surface area contributed by atoms with Gasteiger partial charge in [0.25, 0.3) is 0 Å². The van der Waals surface area contributed by atoms with Gasteiger partial charge in [-0.1, -0.05) is 29.8 Å². The van der Waals surface area contributed by atoms with Gasteiger partial charge in [-0.3, -0.25) is 43.6 Å². The van der Waals surface area contributed by atoms with Crippen LogP contribution in [0.2, 0.25) is 5.02 Å². The number of fused-ring (bicyclic) bond motifs is 6. The molecule has 9 aromatic carbocycles. The molecule has 0 bridgehead atoms. The Morgan fingerprint density at radius 1 is 0.656 bits per heavy atom. The summed E-state index contributed by atoms with van der Waals surface area (Å²) in [7, 11) is -2.40. The Morgan fingerprint density at radius 3 is 1.89 bits per heavy atom. The van der Waals surface area contributed by atoms with E-state index in [1.165, 1.54) is 98.6 Å². The summed E-state index contributed by atoms with van der Waals surface area (Å²) in [6.45, 7) is 2.76. The van der Waals surface area contributed by atoms with Gasteiger partial charge in [0, 0.05) is 35.3 Å². The minimum absolute atomic E-state index is 0.00694. The Morgan fingerprint density at radius 2 is 1.27 bits per heavy atom. The molecule has 14 N–H and O–H groups in total. The maximum absolute atomic E-state index is 12.8. The molecule has 128 heavy (non-hydrogen) atoms. The Labute approximate surface area is 733 Å². The second kappa shape index (κ2) is 38.7. The van der Waals surface area contributed by atoms with Crippen LogP contribution in [-0.2, 0) is 82.3 Å². The van der Waals surface area contributed by atoms with Gasteiger partial charge >= 0.3 is 5.97 Å². The van der Waals surface area contributed by atoms with Gasteiger partial charge in [0.2, 0.25) is 39.9 Å². The van der Waals surface area contributed by atoms with Crippen LogP contribution < -0.4 is 29.4 Å². The number of phenols is 11. The number of nitrogens with two attached hydrogens (primary N) is 1. The van der Waals surface area contributed by atoms with Gasteiger partial charge < -0.3 is 85.2 Å². The van der Waals surface area contributed by atoms with Crippen LogP contribution in [0.25, 0.3) is 34.7 Å². The number of nitriles is 1. The smallest absolute Gasteiger partial charge is 0.343 e. The molecule has 11 aromatic rings. The number of anilines is 1. The number of aromatic nitrogens is 4. The van der Waals surface area contributed by atoms with E-state index in [0.717, 1.165) is 77.6 Å². The number of nitrogens with one attached hydrogen (secondary N) is 1. The molecule has 4 aliphatic heterocycles. The van der Waals surface area contributed by atoms with E-state index < -0.39 is 77.9 Å². The van der Waals surface area contributed by atoms with E-state index >= 15 is 0 Å². The number of rotatable bonds is 14. The van der Waals surface area contributed by atoms with Crippen molar-refractivity contribution < 1.29 is 130 Å². The molecule has 2 unspecified atom stereocenters. The number of methoxy groups -OCH3 is 2. The van der Waals surface area contributed by atoms with Crippen molar-refractivity contribution in [1.82, 2.24) is 24.8 Å². The monoisotopic (exact) mass is 1800 g/mol. The molecule has 2 aromatic heterocycles. The Hall–Kier alpha value is -15.5. The maximum Gasteiger partial charge on any atom is 0.343 e. The van der Waals surface area contributed by atoms with Crippen molar-refractivity contribution in [2.24, 2.45) is 5.14 Å². The second-order valence-electron chi connectivity index (χ2n) is 29.1. The summed E-state index contributed by atoms with van der Waals surface area (Å²) in [4.78, 5) is 101. The van der Waals surface area contributed by atoms with Crippen molar-refractivity contribution in [3.05, 3.63) is 248 Å². The summed E-state index contributed by atoms with van der Waals surface area (Å²) in [6.07, 6.45) is 9.04. The first kappa shape index (κ1) is 91.7. The van der Waals surface area contributed by atoms with E-state index in [1.807, 2.05) is 31.3 Å². The lowest BCUT2D eigenvalue weighted by atomic mass is 9.86. The van der Waals surface area contributed by atoms with E-state index in [-0.39, 0.29) is 128 Å². The molecular formula is C90H77ClN8O27S2. The number of aryl methyl sites for hydroxylation is 2. The molecule has 17 rings (SSSR count). The van der Waals surface area contributed by atoms with Gasteiger partial charge in [0.15, 0.2) is 90.4 Å². The van der Waals surface area contributed by atoms with E-state index in [4.69, 9.17) is 45.7 Å². The third kappa shape index (κ3) is 21.0. The first-order chi connectivity index (χ1) is 60.8. The van der Waals surface area contributed by atoms with E-state index in [0.29, 0.717) is 92.0 Å². The number of halogens is 1. The highest BCUT2D eigenvalue weighted by Crippen LogP contribution is 2.52. The topological polar surface area (TPSA) is 573 Å². The first-order valence-corrected chi connectivity index (χ1v) is 41.9. The first-order valence-electron chi connectivity index (χ1n) is 38.3. The van der Waals surface area contributed by atoms with Gasteiger partial charge in [0.1, 0.15) is 45.5 Å². The highest BCUT2D eigenvalue weighted by atomic mass is 35.5. The lowest BCUT2D eigenvalue weighted by Crippen LogP contribution is -2.36. The molecular weight excluding hydrogens is 1720 g/mol. The number of ether oxygens (including phenoxy) is 5. The predicted octanol–water partition coefficient (Wildman–Crippen LogP) is 10.2. The largest absolute Gasteiger partial charge is 0.508 e. The number of hydrogen-bond donors (Lipinski definition) is 13. The van der Waals surface area contributed by atoms with Gasteiger partial charge in [-0.15, -0.1) is 0 Å². The number of nitrogens with zero attached hydrogens (tertiary/aromatic N) is 6. The number of ketones is 6. The Kier molecular flexibility index (Phi) is 27.8. The molecule has 658 valence electrons. The Balaban J connectivity index is 0.000000140. The third-order valence-corrected chi connectivity index (χ3v) is 23.7. The molecule has 0 radical (unpaired) electrons. The summed E-state index contributed by atoms with van der Waals surface area (Å²) in [5, 5.41) is 120. The molecule has 0 saturated heterocycles. The zero-order chi connectivity index (χ0) is 92.5. The van der Waals surface area contributed by atoms with Gasteiger partial charge in [-0.2, -0.15) is 5.26 Å². The molecule has 0 spiro atoms. The molecule has 2 aliphatic carbocycles. The molecule has 2 atom stereocenters. The van der Waals surface area contributed by atoms with Crippen molar-refractivity contribution in [1.29, 1.82) is 5.26 Å². The maximum atomic E-state index is 12.8. The van der Waals surface area contributed by atoms with E-state index in [2.05, 4.69) is 30.2 Å². The zero-order valence-corrected chi connectivity index (χ0v) is 70.3. The predicted molar refractivity (Wildman–Crippen MR) is 457 cm³/mol. The van der Waals surface area contributed by atoms with Crippen molar-refractivity contribution in [3.63, 3.8) is 0 Å². The summed E-state index contributed by atoms with van der Waals surface area (Å²) in [5.74, 6) is -3.80. The number of esters is 1. The summed E-state index contributed by atoms with van der Waals surface area (Å²) in [5.41, 5.74) is 9.75. The third-order valence-electron chi connectivity index (χ3n) is 20.5. The highest BCUT2D eigenvalue weighted by molar-refractivity contribution is 7.92. The van der Waals surface area contributed by atoms with Crippen LogP contribution in [0, 0.1) is 11.3 Å². The molecule has 0 fully saturated rings. The normalized spacial score (nSPS) is 15.2. The number of allylic oxidation sites excluding steroid dienone is 2. The van der Waals surface area contributed by atoms with Crippen molar-refractivity contribution in [2.45, 2.75) is 67.4 Å². The number of primary sulfonamides is 1. The lowest BCUT2D eigenvalue weighted by molar-refractivity contribution is -0.136. The second-order valence-corrected chi connectivity index (χ2v) is 33.1. The number of carbonyl (C=O) groups excluding carboxylic acids is 7. The standard InChI is InChI=1S/C21H21NO6.C17H11NO6.C16H16O4.C14H10N2O4.C14H10N2O3.C8H9ClN2O4S2/c1-22-7-6-11-8-15-16(27-10-26-15)9-13(11)18(22)19-12-4-5-14(24-2)20(25-3)17(12)21(23)28-19;18-8-11(5-9-1-3-12(19)14(21)6-9)17(24)16(23)10-2-4-13(20)15(22)7-10;1-10(17)14-8-11(3-6-16(14)20)2-4-12-9-13(18)5-7-15(12)19;17-11-2-1-7(3-12(11)18)10-6-15-8-4-13(19)14(20)5-9(8)16-10;17-9-2-3-10-11(6-9)16-12(7-15-10)8-1-4-13(18)14(19)5-8;9-5-3-6-8(4-7(5)17(10,14)15)16(12,13)2-1-11-6/h4-5,8-9,18-19H,6-7,10H2,1-3H3;1-7,19-22H;3,5-9,18-20H,2,4H2,1H3;1-3,6,17-18H,4-5H2;1-5,7,18-19H,6H2;3-4,11H,1-2H2,(H2,10,14,15)/b;11-5+;;;;. The summed E-state index contributed by atoms with van der Waals surface area (Å²) in [6, 6.07) is 36.2. The van der Waals surface area contributed by atoms with Crippen LogP contribution >= 0.6 is 11.6 Å². The number of aromatic hydroxyl groups is 11. The minimum atomic E-state index is -4.04. The Bertz CT molecular complexity index is 6720. The number of benzene rings is 9. The minimum Gasteiger partial charge on any atom is -0.508 e. The number of Topliss-reactive ketones (excluding diaryl/α,β-unsaturated/α-hetero) is 5. The number of likely N-dealkylation sites (N-methyl/N-ethyl adjacent to an activating group) is 1. The lowest BCUT2D eigenvalue weighted by Gasteiger charge is -2.37. The summed E-state index contributed by atoms with van der Waals surface area (Å²) >= 11 is 5.74. The fraction of sp³-hybridized carbons (Fsp3) is 0.178. The molecule has 35 nitrogen and oxygen atoms in total. The number of cyclic esters (lactones) is 1. The van der Waals surface area contributed by atoms with Gasteiger partial charge in [-0.25, -0.2) is 36.7 Å². The van der Waals surface area contributed by atoms with Crippen LogP contribution in [0.1, 0.15) is 106 Å². The van der Waals surface area contributed by atoms with Crippen LogP contribution in [0.3, 0.4) is 0 Å².